The number of carbonyl (C=O) groups excluding carboxylic acids is 1. The summed E-state index contributed by atoms with van der Waals surface area (Å²) in [4.78, 5) is 12.3. The number of ether oxygens (including phenoxy) is 2. The summed E-state index contributed by atoms with van der Waals surface area (Å²) in [5.74, 6) is -1.15. The fourth-order valence-corrected chi connectivity index (χ4v) is 2.50. The number of hydrogen-bond donors (Lipinski definition) is 1. The largest absolute Gasteiger partial charge is 0.479 e. The molecule has 0 fully saturated rings. The lowest BCUT2D eigenvalue weighted by atomic mass is 10.2. The van der Waals surface area contributed by atoms with Gasteiger partial charge < -0.3 is 14.8 Å². The van der Waals surface area contributed by atoms with Crippen molar-refractivity contribution in [2.24, 2.45) is 0 Å². The van der Waals surface area contributed by atoms with E-state index in [4.69, 9.17) is 14.7 Å². The maximum absolute atomic E-state index is 13.2. The highest BCUT2D eigenvalue weighted by atomic mass is 19.2. The number of amides is 1. The second-order valence-corrected chi connectivity index (χ2v) is 5.98. The Labute approximate surface area is 166 Å². The minimum atomic E-state index is -0.999. The zero-order valence-corrected chi connectivity index (χ0v) is 15.2. The van der Waals surface area contributed by atoms with Crippen molar-refractivity contribution in [3.05, 3.63) is 89.5 Å². The highest BCUT2D eigenvalue weighted by Gasteiger charge is 2.08. The molecule has 0 radical (unpaired) electrons. The second-order valence-electron chi connectivity index (χ2n) is 5.98. The van der Waals surface area contributed by atoms with E-state index in [1.807, 2.05) is 12.1 Å². The highest BCUT2D eigenvalue weighted by Crippen LogP contribution is 2.23. The maximum atomic E-state index is 13.2. The zero-order valence-electron chi connectivity index (χ0n) is 15.2. The predicted molar refractivity (Wildman–Crippen MR) is 102 cm³/mol. The first kappa shape index (κ1) is 19.8. The van der Waals surface area contributed by atoms with Gasteiger partial charge in [-0.1, -0.05) is 12.1 Å². The molecule has 0 unspecified atom stereocenters. The molecule has 0 heterocycles. The molecular weight excluding hydrogens is 378 g/mol. The van der Waals surface area contributed by atoms with Crippen molar-refractivity contribution < 1.29 is 23.0 Å². The molecule has 146 valence electrons. The van der Waals surface area contributed by atoms with Gasteiger partial charge in [0.15, 0.2) is 18.2 Å². The third kappa shape index (κ3) is 5.53. The van der Waals surface area contributed by atoms with Gasteiger partial charge in [-0.25, -0.2) is 8.78 Å². The molecule has 0 spiro atoms. The average Bonchev–Trinajstić information content (AvgIpc) is 2.74. The third-order valence-electron chi connectivity index (χ3n) is 3.90. The Kier molecular flexibility index (Phi) is 6.38. The van der Waals surface area contributed by atoms with Crippen LogP contribution in [0.4, 0.5) is 8.78 Å². The van der Waals surface area contributed by atoms with Crippen molar-refractivity contribution in [3.63, 3.8) is 0 Å². The molecule has 7 heteroatoms. The minimum absolute atomic E-state index is 0.0468. The van der Waals surface area contributed by atoms with Crippen LogP contribution in [0.15, 0.2) is 66.7 Å². The third-order valence-corrected chi connectivity index (χ3v) is 3.90. The molecule has 0 saturated heterocycles. The molecular formula is C22H16F2N2O3. The van der Waals surface area contributed by atoms with Crippen LogP contribution in [0.2, 0.25) is 0 Å². The number of nitrogens with one attached hydrogen (secondary N) is 1. The van der Waals surface area contributed by atoms with E-state index in [1.165, 1.54) is 6.07 Å². The average molecular weight is 394 g/mol. The summed E-state index contributed by atoms with van der Waals surface area (Å²) in [5.41, 5.74) is 1.24. The quantitative estimate of drug-likeness (QED) is 0.636. The van der Waals surface area contributed by atoms with Crippen LogP contribution in [-0.4, -0.2) is 12.5 Å². The fraction of sp³-hybridized carbons (Fsp3) is 0.0909. The molecule has 3 aromatic rings. The van der Waals surface area contributed by atoms with Gasteiger partial charge >= 0.3 is 0 Å². The van der Waals surface area contributed by atoms with Gasteiger partial charge in [0.1, 0.15) is 23.3 Å². The van der Waals surface area contributed by atoms with E-state index in [-0.39, 0.29) is 24.8 Å². The zero-order chi connectivity index (χ0) is 20.6. The van der Waals surface area contributed by atoms with E-state index in [1.54, 1.807) is 42.5 Å². The Hall–Kier alpha value is -3.92. The van der Waals surface area contributed by atoms with E-state index >= 15 is 0 Å². The van der Waals surface area contributed by atoms with Gasteiger partial charge in [0.05, 0.1) is 0 Å². The number of halogens is 2. The van der Waals surface area contributed by atoms with Crippen LogP contribution in [-0.2, 0) is 6.54 Å². The Morgan fingerprint density at radius 1 is 0.931 bits per heavy atom. The van der Waals surface area contributed by atoms with Gasteiger partial charge in [-0.3, -0.25) is 4.79 Å². The molecule has 0 bridgehead atoms. The van der Waals surface area contributed by atoms with Crippen LogP contribution in [0.3, 0.4) is 0 Å². The van der Waals surface area contributed by atoms with Gasteiger partial charge in [-0.05, 0) is 54.1 Å². The first-order valence-corrected chi connectivity index (χ1v) is 8.65. The van der Waals surface area contributed by atoms with Crippen molar-refractivity contribution in [1.29, 1.82) is 5.26 Å². The van der Waals surface area contributed by atoms with Crippen LogP contribution >= 0.6 is 0 Å². The van der Waals surface area contributed by atoms with Crippen molar-refractivity contribution >= 4 is 5.91 Å². The summed E-state index contributed by atoms with van der Waals surface area (Å²) >= 11 is 0. The van der Waals surface area contributed by atoms with Gasteiger partial charge in [0, 0.05) is 18.2 Å². The summed E-state index contributed by atoms with van der Waals surface area (Å²) in [5, 5.41) is 11.3. The topological polar surface area (TPSA) is 71.3 Å². The fourth-order valence-electron chi connectivity index (χ4n) is 2.50. The molecule has 0 aliphatic carbocycles. The summed E-state index contributed by atoms with van der Waals surface area (Å²) in [6.07, 6.45) is 0. The smallest absolute Gasteiger partial charge is 0.251 e. The molecule has 0 aliphatic heterocycles. The Bertz CT molecular complexity index is 1050. The number of carbonyl (C=O) groups is 1. The summed E-state index contributed by atoms with van der Waals surface area (Å²) in [6.45, 7) is 0.241. The lowest BCUT2D eigenvalue weighted by Gasteiger charge is -2.09. The van der Waals surface area contributed by atoms with Gasteiger partial charge in [-0.2, -0.15) is 5.26 Å². The summed E-state index contributed by atoms with van der Waals surface area (Å²) in [6, 6.07) is 18.5. The monoisotopic (exact) mass is 394 g/mol. The highest BCUT2D eigenvalue weighted by molar-refractivity contribution is 5.94. The van der Waals surface area contributed by atoms with E-state index in [9.17, 15) is 13.6 Å². The van der Waals surface area contributed by atoms with Crippen LogP contribution in [0.5, 0.6) is 17.2 Å². The molecule has 3 rings (SSSR count). The van der Waals surface area contributed by atoms with Crippen LogP contribution in [0.25, 0.3) is 0 Å². The molecule has 5 nitrogen and oxygen atoms in total. The van der Waals surface area contributed by atoms with Crippen molar-refractivity contribution in [3.8, 4) is 23.3 Å². The molecule has 1 N–H and O–H groups in total. The molecule has 1 amide bonds. The first-order valence-electron chi connectivity index (χ1n) is 8.65. The van der Waals surface area contributed by atoms with Gasteiger partial charge in [0.2, 0.25) is 0 Å². The maximum Gasteiger partial charge on any atom is 0.251 e. The normalized spacial score (nSPS) is 10.1. The number of benzene rings is 3. The van der Waals surface area contributed by atoms with E-state index in [0.717, 1.165) is 17.7 Å². The second kappa shape index (κ2) is 9.33. The molecule has 0 atom stereocenters. The van der Waals surface area contributed by atoms with Gasteiger partial charge in [-0.15, -0.1) is 0 Å². The lowest BCUT2D eigenvalue weighted by Crippen LogP contribution is -2.22. The van der Waals surface area contributed by atoms with Crippen molar-refractivity contribution in [2.45, 2.75) is 6.54 Å². The predicted octanol–water partition coefficient (Wildman–Crippen LogP) is 4.59. The number of hydrogen-bond acceptors (Lipinski definition) is 4. The Morgan fingerprint density at radius 2 is 1.69 bits per heavy atom. The Morgan fingerprint density at radius 3 is 2.41 bits per heavy atom. The van der Waals surface area contributed by atoms with Crippen molar-refractivity contribution in [1.82, 2.24) is 5.32 Å². The number of nitriles is 1. The van der Waals surface area contributed by atoms with Crippen LogP contribution in [0.1, 0.15) is 15.9 Å². The minimum Gasteiger partial charge on any atom is -0.479 e. The molecule has 29 heavy (non-hydrogen) atoms. The molecule has 0 aliphatic rings. The van der Waals surface area contributed by atoms with Gasteiger partial charge in [0.25, 0.3) is 5.91 Å². The summed E-state index contributed by atoms with van der Waals surface area (Å²) < 4.78 is 36.9. The molecule has 0 saturated carbocycles. The SMILES string of the molecule is N#CCOc1cccc(CNC(=O)c2ccc(Oc3ccc(F)c(F)c3)cc2)c1. The van der Waals surface area contributed by atoms with Crippen molar-refractivity contribution in [2.75, 3.05) is 6.61 Å². The van der Waals surface area contributed by atoms with E-state index < -0.39 is 11.6 Å². The van der Waals surface area contributed by atoms with Crippen LogP contribution < -0.4 is 14.8 Å². The summed E-state index contributed by atoms with van der Waals surface area (Å²) in [7, 11) is 0. The van der Waals surface area contributed by atoms with E-state index in [2.05, 4.69) is 5.32 Å². The molecule has 0 aromatic heterocycles. The Balaban J connectivity index is 1.57. The lowest BCUT2D eigenvalue weighted by molar-refractivity contribution is 0.0951. The van der Waals surface area contributed by atoms with Crippen LogP contribution in [0, 0.1) is 23.0 Å². The number of nitrogens with zero attached hydrogens (tertiary/aromatic N) is 1. The molecule has 3 aromatic carbocycles. The van der Waals surface area contributed by atoms with E-state index in [0.29, 0.717) is 17.1 Å². The standard InChI is InChI=1S/C22H16F2N2O3/c23-20-9-8-19(13-21(20)24)29-17-6-4-16(5-7-17)22(27)26-14-15-2-1-3-18(12-15)28-11-10-25/h1-9,12-13H,11,14H2,(H,26,27). The first-order chi connectivity index (χ1) is 14.0. The number of rotatable bonds is 7.